The van der Waals surface area contributed by atoms with Crippen LogP contribution in [0.15, 0.2) is 23.4 Å². The van der Waals surface area contributed by atoms with Crippen molar-refractivity contribution in [1.82, 2.24) is 10.3 Å². The topological polar surface area (TPSA) is 45.2 Å². The molecule has 1 aromatic heterocycles. The van der Waals surface area contributed by atoms with Gasteiger partial charge in [0.1, 0.15) is 5.03 Å². The van der Waals surface area contributed by atoms with Crippen molar-refractivity contribution in [2.75, 3.05) is 18.9 Å². The number of aliphatic hydroxyl groups excluding tert-OH is 1. The van der Waals surface area contributed by atoms with E-state index in [9.17, 15) is 0 Å². The minimum atomic E-state index is 0.251. The van der Waals surface area contributed by atoms with E-state index in [0.29, 0.717) is 5.92 Å². The number of thioether (sulfide) groups is 1. The molecule has 1 heterocycles. The smallest absolute Gasteiger partial charge is 0.100 e. The highest BCUT2D eigenvalue weighted by Crippen LogP contribution is 2.20. The van der Waals surface area contributed by atoms with E-state index >= 15 is 0 Å². The van der Waals surface area contributed by atoms with Gasteiger partial charge >= 0.3 is 0 Å². The number of pyridine rings is 1. The summed E-state index contributed by atoms with van der Waals surface area (Å²) < 4.78 is 0. The van der Waals surface area contributed by atoms with E-state index in [2.05, 4.69) is 30.2 Å². The summed E-state index contributed by atoms with van der Waals surface area (Å²) in [5.74, 6) is 1.59. The molecule has 0 aliphatic heterocycles. The van der Waals surface area contributed by atoms with Crippen LogP contribution < -0.4 is 5.32 Å². The third-order valence-corrected chi connectivity index (χ3v) is 3.39. The Balaban J connectivity index is 2.46. The molecule has 0 spiro atoms. The van der Waals surface area contributed by atoms with Gasteiger partial charge in [-0.25, -0.2) is 4.98 Å². The van der Waals surface area contributed by atoms with Crippen molar-refractivity contribution in [2.45, 2.75) is 31.8 Å². The molecule has 96 valence electrons. The van der Waals surface area contributed by atoms with E-state index in [1.54, 1.807) is 11.8 Å². The van der Waals surface area contributed by atoms with Crippen LogP contribution in [0.4, 0.5) is 0 Å². The average Bonchev–Trinajstić information content (AvgIpc) is 2.31. The van der Waals surface area contributed by atoms with Gasteiger partial charge in [-0.2, -0.15) is 0 Å². The molecule has 0 saturated carbocycles. The molecule has 1 aromatic rings. The SMILES string of the molecule is CC(C)CNCc1cccnc1SCCCO. The maximum absolute atomic E-state index is 8.77. The summed E-state index contributed by atoms with van der Waals surface area (Å²) in [5.41, 5.74) is 1.25. The highest BCUT2D eigenvalue weighted by molar-refractivity contribution is 7.99. The van der Waals surface area contributed by atoms with Crippen LogP contribution in [0.1, 0.15) is 25.8 Å². The molecule has 0 aliphatic rings. The van der Waals surface area contributed by atoms with E-state index in [-0.39, 0.29) is 6.61 Å². The molecule has 0 aliphatic carbocycles. The molecule has 17 heavy (non-hydrogen) atoms. The van der Waals surface area contributed by atoms with Gasteiger partial charge in [0, 0.05) is 25.1 Å². The second kappa shape index (κ2) is 8.50. The number of aliphatic hydroxyl groups is 1. The Hall–Kier alpha value is -0.580. The molecule has 0 atom stereocenters. The Morgan fingerprint density at radius 1 is 1.47 bits per heavy atom. The van der Waals surface area contributed by atoms with Gasteiger partial charge in [0.25, 0.3) is 0 Å². The van der Waals surface area contributed by atoms with Crippen molar-refractivity contribution in [3.63, 3.8) is 0 Å². The van der Waals surface area contributed by atoms with Crippen LogP contribution in [0.3, 0.4) is 0 Å². The molecule has 0 unspecified atom stereocenters. The van der Waals surface area contributed by atoms with Gasteiger partial charge in [0.05, 0.1) is 0 Å². The summed E-state index contributed by atoms with van der Waals surface area (Å²) >= 11 is 1.72. The van der Waals surface area contributed by atoms with E-state index in [1.165, 1.54) is 5.56 Å². The van der Waals surface area contributed by atoms with Gasteiger partial charge in [0.2, 0.25) is 0 Å². The zero-order chi connectivity index (χ0) is 12.5. The van der Waals surface area contributed by atoms with Crippen LogP contribution in [0, 0.1) is 5.92 Å². The minimum Gasteiger partial charge on any atom is -0.396 e. The fourth-order valence-electron chi connectivity index (χ4n) is 1.42. The fraction of sp³-hybridized carbons (Fsp3) is 0.615. The van der Waals surface area contributed by atoms with Crippen molar-refractivity contribution >= 4 is 11.8 Å². The van der Waals surface area contributed by atoms with E-state index in [1.807, 2.05) is 12.3 Å². The summed E-state index contributed by atoms with van der Waals surface area (Å²) in [5, 5.41) is 13.3. The Labute approximate surface area is 108 Å². The largest absolute Gasteiger partial charge is 0.396 e. The van der Waals surface area contributed by atoms with Gasteiger partial charge in [-0.05, 0) is 30.5 Å². The Morgan fingerprint density at radius 3 is 3.00 bits per heavy atom. The molecule has 1 rings (SSSR count). The van der Waals surface area contributed by atoms with Crippen molar-refractivity contribution in [3.05, 3.63) is 23.9 Å². The highest BCUT2D eigenvalue weighted by atomic mass is 32.2. The Bertz CT molecular complexity index is 318. The third-order valence-electron chi connectivity index (χ3n) is 2.26. The van der Waals surface area contributed by atoms with Gasteiger partial charge < -0.3 is 10.4 Å². The van der Waals surface area contributed by atoms with E-state index < -0.39 is 0 Å². The number of nitrogens with zero attached hydrogens (tertiary/aromatic N) is 1. The average molecular weight is 254 g/mol. The van der Waals surface area contributed by atoms with Crippen LogP contribution in [0.2, 0.25) is 0 Å². The molecular formula is C13H22N2OS. The summed E-state index contributed by atoms with van der Waals surface area (Å²) in [6.45, 7) is 6.55. The number of aromatic nitrogens is 1. The van der Waals surface area contributed by atoms with Crippen LogP contribution in [-0.2, 0) is 6.54 Å². The second-order valence-electron chi connectivity index (χ2n) is 4.42. The lowest BCUT2D eigenvalue weighted by Gasteiger charge is -2.10. The molecule has 4 heteroatoms. The predicted octanol–water partition coefficient (Wildman–Crippen LogP) is 2.30. The molecule has 3 nitrogen and oxygen atoms in total. The summed E-state index contributed by atoms with van der Waals surface area (Å²) in [6, 6.07) is 4.09. The molecule has 0 bridgehead atoms. The summed E-state index contributed by atoms with van der Waals surface area (Å²) in [4.78, 5) is 4.39. The number of rotatable bonds is 8. The molecular weight excluding hydrogens is 232 g/mol. The van der Waals surface area contributed by atoms with Crippen LogP contribution in [0.25, 0.3) is 0 Å². The fourth-order valence-corrected chi connectivity index (χ4v) is 2.35. The Kier molecular flexibility index (Phi) is 7.24. The lowest BCUT2D eigenvalue weighted by molar-refractivity contribution is 0.296. The molecule has 0 radical (unpaired) electrons. The molecule has 0 fully saturated rings. The number of hydrogen-bond donors (Lipinski definition) is 2. The van der Waals surface area contributed by atoms with Gasteiger partial charge in [0.15, 0.2) is 0 Å². The molecule has 0 amide bonds. The maximum atomic E-state index is 8.77. The first-order valence-electron chi connectivity index (χ1n) is 6.12. The first-order chi connectivity index (χ1) is 8.24. The molecule has 2 N–H and O–H groups in total. The van der Waals surface area contributed by atoms with E-state index in [4.69, 9.17) is 5.11 Å². The Morgan fingerprint density at radius 2 is 2.29 bits per heavy atom. The van der Waals surface area contributed by atoms with Gasteiger partial charge in [-0.15, -0.1) is 11.8 Å². The first-order valence-corrected chi connectivity index (χ1v) is 7.11. The summed E-state index contributed by atoms with van der Waals surface area (Å²) in [7, 11) is 0. The normalized spacial score (nSPS) is 11.1. The predicted molar refractivity (Wildman–Crippen MR) is 73.2 cm³/mol. The van der Waals surface area contributed by atoms with Crippen molar-refractivity contribution < 1.29 is 5.11 Å². The van der Waals surface area contributed by atoms with Gasteiger partial charge in [-0.1, -0.05) is 19.9 Å². The quantitative estimate of drug-likeness (QED) is 0.552. The third kappa shape index (κ3) is 6.05. The zero-order valence-electron chi connectivity index (χ0n) is 10.6. The van der Waals surface area contributed by atoms with Crippen LogP contribution >= 0.6 is 11.8 Å². The highest BCUT2D eigenvalue weighted by Gasteiger charge is 2.03. The number of hydrogen-bond acceptors (Lipinski definition) is 4. The zero-order valence-corrected chi connectivity index (χ0v) is 11.5. The van der Waals surface area contributed by atoms with Gasteiger partial charge in [-0.3, -0.25) is 0 Å². The van der Waals surface area contributed by atoms with E-state index in [0.717, 1.165) is 30.3 Å². The molecule has 0 saturated heterocycles. The van der Waals surface area contributed by atoms with Crippen molar-refractivity contribution in [3.8, 4) is 0 Å². The number of nitrogens with one attached hydrogen (secondary N) is 1. The van der Waals surface area contributed by atoms with Crippen LogP contribution in [0.5, 0.6) is 0 Å². The summed E-state index contributed by atoms with van der Waals surface area (Å²) in [6.07, 6.45) is 2.65. The lowest BCUT2D eigenvalue weighted by atomic mass is 10.2. The van der Waals surface area contributed by atoms with Crippen molar-refractivity contribution in [1.29, 1.82) is 0 Å². The standard InChI is InChI=1S/C13H22N2OS/c1-11(2)9-14-10-12-5-3-6-15-13(12)17-8-4-7-16/h3,5-6,11,14,16H,4,7-10H2,1-2H3. The minimum absolute atomic E-state index is 0.251. The second-order valence-corrected chi connectivity index (χ2v) is 5.50. The molecule has 0 aromatic carbocycles. The lowest BCUT2D eigenvalue weighted by Crippen LogP contribution is -2.19. The monoisotopic (exact) mass is 254 g/mol. The van der Waals surface area contributed by atoms with Crippen molar-refractivity contribution in [2.24, 2.45) is 5.92 Å². The first kappa shape index (κ1) is 14.5. The van der Waals surface area contributed by atoms with Crippen LogP contribution in [-0.4, -0.2) is 29.0 Å². The maximum Gasteiger partial charge on any atom is 0.100 e.